The second kappa shape index (κ2) is 10.4. The van der Waals surface area contributed by atoms with Crippen molar-refractivity contribution in [2.24, 2.45) is 11.8 Å². The molecule has 0 bridgehead atoms. The summed E-state index contributed by atoms with van der Waals surface area (Å²) in [6.07, 6.45) is -4.38. The predicted molar refractivity (Wildman–Crippen MR) is 124 cm³/mol. The summed E-state index contributed by atoms with van der Waals surface area (Å²) in [6, 6.07) is 4.57. The SMILES string of the molecule is COc1cc(C=CC(=O)O[C@@H]2[C@H]3C=CO[C@@H](O[C@H]4O[C@H](CO)[C@@H](O)[C@H](O)[C@H]4O)[C@@H]3[C@]3(CO)O[C@@H]23)ccc1O. The van der Waals surface area contributed by atoms with Crippen molar-refractivity contribution in [1.82, 2.24) is 0 Å². The van der Waals surface area contributed by atoms with E-state index in [2.05, 4.69) is 0 Å². The molecule has 3 aliphatic heterocycles. The van der Waals surface area contributed by atoms with Gasteiger partial charge in [-0.3, -0.25) is 0 Å². The topological polar surface area (TPSA) is 197 Å². The van der Waals surface area contributed by atoms with Gasteiger partial charge in [-0.1, -0.05) is 6.07 Å². The van der Waals surface area contributed by atoms with Gasteiger partial charge in [0.25, 0.3) is 0 Å². The molecule has 0 radical (unpaired) electrons. The second-order valence-electron chi connectivity index (χ2n) is 9.59. The molecule has 38 heavy (non-hydrogen) atoms. The lowest BCUT2D eigenvalue weighted by Gasteiger charge is -2.43. The van der Waals surface area contributed by atoms with E-state index in [0.29, 0.717) is 5.56 Å². The molecule has 2 saturated heterocycles. The first-order valence-corrected chi connectivity index (χ1v) is 12.1. The van der Waals surface area contributed by atoms with Gasteiger partial charge in [0, 0.05) is 12.0 Å². The molecule has 208 valence electrons. The van der Waals surface area contributed by atoms with Crippen LogP contribution in [-0.4, -0.2) is 112 Å². The number of carbonyl (C=O) groups is 1. The number of aromatic hydroxyl groups is 1. The number of fused-ring (bicyclic) bond motifs is 3. The second-order valence-corrected chi connectivity index (χ2v) is 9.59. The van der Waals surface area contributed by atoms with Gasteiger partial charge in [-0.2, -0.15) is 0 Å². The molecule has 1 aromatic rings. The van der Waals surface area contributed by atoms with E-state index in [4.69, 9.17) is 28.4 Å². The van der Waals surface area contributed by atoms with Gasteiger partial charge in [0.1, 0.15) is 42.2 Å². The van der Waals surface area contributed by atoms with Gasteiger partial charge >= 0.3 is 5.97 Å². The minimum Gasteiger partial charge on any atom is -0.504 e. The fraction of sp³-hybridized carbons (Fsp3) is 0.560. The third-order valence-corrected chi connectivity index (χ3v) is 7.47. The number of rotatable bonds is 8. The zero-order chi connectivity index (χ0) is 27.2. The highest BCUT2D eigenvalue weighted by Crippen LogP contribution is 2.60. The van der Waals surface area contributed by atoms with Crippen LogP contribution in [0.4, 0.5) is 0 Å². The first-order valence-electron chi connectivity index (χ1n) is 12.1. The number of benzene rings is 1. The summed E-state index contributed by atoms with van der Waals surface area (Å²) < 4.78 is 33.4. The van der Waals surface area contributed by atoms with Gasteiger partial charge in [0.2, 0.25) is 6.29 Å². The molecule has 6 N–H and O–H groups in total. The third kappa shape index (κ3) is 4.54. The Bertz CT molecular complexity index is 1090. The largest absolute Gasteiger partial charge is 0.504 e. The minimum absolute atomic E-state index is 0.0396. The Hall–Kier alpha value is -2.75. The molecule has 3 heterocycles. The first kappa shape index (κ1) is 26.8. The number of carbonyl (C=O) groups excluding carboxylic acids is 1. The van der Waals surface area contributed by atoms with E-state index in [-0.39, 0.29) is 11.5 Å². The third-order valence-electron chi connectivity index (χ3n) is 7.47. The lowest BCUT2D eigenvalue weighted by molar-refractivity contribution is -0.344. The predicted octanol–water partition coefficient (Wildman–Crippen LogP) is -1.61. The summed E-state index contributed by atoms with van der Waals surface area (Å²) >= 11 is 0. The van der Waals surface area contributed by atoms with E-state index < -0.39 is 85.8 Å². The molecule has 13 heteroatoms. The number of hydrogen-bond donors (Lipinski definition) is 6. The number of methoxy groups -OCH3 is 1. The van der Waals surface area contributed by atoms with E-state index in [1.165, 1.54) is 31.6 Å². The number of phenols is 1. The monoisotopic (exact) mass is 538 g/mol. The van der Waals surface area contributed by atoms with Crippen molar-refractivity contribution in [2.75, 3.05) is 20.3 Å². The van der Waals surface area contributed by atoms with Crippen LogP contribution in [0.1, 0.15) is 5.56 Å². The molecule has 1 aromatic carbocycles. The Labute approximate surface area is 217 Å². The Morgan fingerprint density at radius 3 is 2.63 bits per heavy atom. The van der Waals surface area contributed by atoms with Gasteiger partial charge in [-0.05, 0) is 29.8 Å². The zero-order valence-corrected chi connectivity index (χ0v) is 20.3. The molecular weight excluding hydrogens is 508 g/mol. The number of esters is 1. The molecule has 0 unspecified atom stereocenters. The van der Waals surface area contributed by atoms with Crippen molar-refractivity contribution in [3.63, 3.8) is 0 Å². The van der Waals surface area contributed by atoms with Gasteiger partial charge < -0.3 is 59.1 Å². The van der Waals surface area contributed by atoms with Crippen molar-refractivity contribution >= 4 is 12.0 Å². The van der Waals surface area contributed by atoms with Crippen molar-refractivity contribution in [3.05, 3.63) is 42.2 Å². The quantitative estimate of drug-likeness (QED) is 0.126. The molecule has 13 nitrogen and oxygen atoms in total. The van der Waals surface area contributed by atoms with Crippen LogP contribution >= 0.6 is 0 Å². The molecule has 5 rings (SSSR count). The number of aliphatic hydroxyl groups is 5. The summed E-state index contributed by atoms with van der Waals surface area (Å²) in [5, 5.41) is 59.8. The lowest BCUT2D eigenvalue weighted by Crippen LogP contribution is -2.60. The molecule has 1 aliphatic carbocycles. The van der Waals surface area contributed by atoms with Crippen LogP contribution in [-0.2, 0) is 28.5 Å². The van der Waals surface area contributed by atoms with Gasteiger partial charge in [0.05, 0.1) is 32.5 Å². The molecular formula is C25H30O13. The normalized spacial score (nSPS) is 41.3. The van der Waals surface area contributed by atoms with E-state index in [0.717, 1.165) is 0 Å². The smallest absolute Gasteiger partial charge is 0.331 e. The van der Waals surface area contributed by atoms with Crippen LogP contribution in [0.5, 0.6) is 11.5 Å². The number of phenolic OH excluding ortho intramolecular Hbond substituents is 1. The Morgan fingerprint density at radius 2 is 1.92 bits per heavy atom. The molecule has 1 saturated carbocycles. The number of aliphatic hydroxyl groups excluding tert-OH is 5. The van der Waals surface area contributed by atoms with Crippen molar-refractivity contribution in [1.29, 1.82) is 0 Å². The molecule has 11 atom stereocenters. The van der Waals surface area contributed by atoms with E-state index in [9.17, 15) is 35.4 Å². The maximum Gasteiger partial charge on any atom is 0.331 e. The van der Waals surface area contributed by atoms with E-state index in [1.54, 1.807) is 18.2 Å². The summed E-state index contributed by atoms with van der Waals surface area (Å²) in [5.74, 6) is -1.64. The minimum atomic E-state index is -1.65. The number of epoxide rings is 1. The maximum absolute atomic E-state index is 12.7. The van der Waals surface area contributed by atoms with Crippen LogP contribution in [0.15, 0.2) is 36.6 Å². The fourth-order valence-corrected chi connectivity index (χ4v) is 5.42. The van der Waals surface area contributed by atoms with E-state index >= 15 is 0 Å². The van der Waals surface area contributed by atoms with Crippen LogP contribution < -0.4 is 4.74 Å². The average Bonchev–Trinajstić information content (AvgIpc) is 3.60. The summed E-state index contributed by atoms with van der Waals surface area (Å²) in [6.45, 7) is -1.06. The molecule has 4 aliphatic rings. The maximum atomic E-state index is 12.7. The first-order chi connectivity index (χ1) is 18.2. The molecule has 3 fully saturated rings. The van der Waals surface area contributed by atoms with Gasteiger partial charge in [0.15, 0.2) is 17.8 Å². The van der Waals surface area contributed by atoms with Gasteiger partial charge in [-0.25, -0.2) is 4.79 Å². The summed E-state index contributed by atoms with van der Waals surface area (Å²) in [7, 11) is 1.41. The van der Waals surface area contributed by atoms with E-state index in [1.807, 2.05) is 0 Å². The Morgan fingerprint density at radius 1 is 1.13 bits per heavy atom. The van der Waals surface area contributed by atoms with Crippen LogP contribution in [0.25, 0.3) is 6.08 Å². The van der Waals surface area contributed by atoms with Crippen molar-refractivity contribution in [2.45, 2.75) is 54.8 Å². The number of hydrogen-bond acceptors (Lipinski definition) is 13. The summed E-state index contributed by atoms with van der Waals surface area (Å²) in [5.41, 5.74) is -0.556. The molecule has 0 spiro atoms. The number of ether oxygens (including phenoxy) is 6. The average molecular weight is 539 g/mol. The molecule has 0 aromatic heterocycles. The highest BCUT2D eigenvalue weighted by molar-refractivity contribution is 5.87. The standard InChI is InChI=1S/C25H30O13/c1-33-14-8-11(2-4-13(14)28)3-5-16(29)36-21-12-6-7-34-23(17(12)25(10-27)22(21)38-25)37-24-20(32)19(31)18(30)15(9-26)35-24/h2-8,12,15,17-24,26-28,30-32H,9-10H2,1H3/t12-,15+,17+,18+,19-,20+,21+,22-,23-,24+,25-/m0/s1. The van der Waals surface area contributed by atoms with Crippen LogP contribution in [0.3, 0.4) is 0 Å². The lowest BCUT2D eigenvalue weighted by atomic mass is 9.85. The fourth-order valence-electron chi connectivity index (χ4n) is 5.42. The Kier molecular flexibility index (Phi) is 7.37. The summed E-state index contributed by atoms with van der Waals surface area (Å²) in [4.78, 5) is 12.7. The zero-order valence-electron chi connectivity index (χ0n) is 20.3. The van der Waals surface area contributed by atoms with Crippen molar-refractivity contribution in [3.8, 4) is 11.5 Å². The Balaban J connectivity index is 1.29. The van der Waals surface area contributed by atoms with Crippen LogP contribution in [0, 0.1) is 11.8 Å². The van der Waals surface area contributed by atoms with Gasteiger partial charge in [-0.15, -0.1) is 0 Å². The van der Waals surface area contributed by atoms with Crippen molar-refractivity contribution < 1.29 is 63.9 Å². The van der Waals surface area contributed by atoms with Crippen LogP contribution in [0.2, 0.25) is 0 Å². The molecule has 0 amide bonds. The highest BCUT2D eigenvalue weighted by Gasteiger charge is 2.77. The highest BCUT2D eigenvalue weighted by atomic mass is 16.8.